The van der Waals surface area contributed by atoms with E-state index in [0.717, 1.165) is 17.7 Å². The molecular weight excluding hydrogens is 526 g/mol. The van der Waals surface area contributed by atoms with E-state index >= 15 is 0 Å². The second kappa shape index (κ2) is 14.5. The Hall–Kier alpha value is -2.59. The van der Waals surface area contributed by atoms with E-state index in [-0.39, 0.29) is 5.75 Å². The van der Waals surface area contributed by atoms with E-state index in [1.54, 1.807) is 36.4 Å². The largest absolute Gasteiger partial charge is 0.494 e. The zero-order chi connectivity index (χ0) is 27.7. The Balaban J connectivity index is 1.67. The average Bonchev–Trinajstić information content (AvgIpc) is 2.92. The molecule has 1 heterocycles. The fraction of sp³-hybridized carbons (Fsp3) is 0.345. The van der Waals surface area contributed by atoms with Crippen LogP contribution in [-0.4, -0.2) is 64.1 Å². The molecule has 2 aromatic rings. The molecule has 0 spiro atoms. The smallest absolute Gasteiger partial charge is 0.249 e. The van der Waals surface area contributed by atoms with Crippen LogP contribution in [0, 0.1) is 0 Å². The normalized spacial score (nSPS) is 24.2. The van der Waals surface area contributed by atoms with Crippen molar-refractivity contribution in [3.63, 3.8) is 0 Å². The maximum Gasteiger partial charge on any atom is 0.249 e. The molecule has 0 radical (unpaired) electrons. The van der Waals surface area contributed by atoms with Crippen molar-refractivity contribution in [2.45, 2.75) is 55.2 Å². The Morgan fingerprint density at radius 1 is 1.11 bits per heavy atom. The predicted octanol–water partition coefficient (Wildman–Crippen LogP) is 3.99. The van der Waals surface area contributed by atoms with E-state index in [0.29, 0.717) is 34.1 Å². The minimum atomic E-state index is -1.44. The Bertz CT molecular complexity index is 1150. The van der Waals surface area contributed by atoms with Crippen LogP contribution >= 0.6 is 23.4 Å². The van der Waals surface area contributed by atoms with Gasteiger partial charge in [-0.2, -0.15) is 0 Å². The molecule has 3 rings (SSSR count). The second-order valence-corrected chi connectivity index (χ2v) is 10.3. The summed E-state index contributed by atoms with van der Waals surface area (Å²) in [6.45, 7) is 6.37. The van der Waals surface area contributed by atoms with Crippen molar-refractivity contribution in [1.82, 2.24) is 0 Å². The molecule has 2 unspecified atom stereocenters. The van der Waals surface area contributed by atoms with Gasteiger partial charge in [0, 0.05) is 15.7 Å². The molecule has 2 aromatic carbocycles. The van der Waals surface area contributed by atoms with Crippen LogP contribution in [0.3, 0.4) is 0 Å². The fourth-order valence-corrected chi connectivity index (χ4v) is 5.34. The number of allylic oxidation sites excluding steroid dienone is 3. The Morgan fingerprint density at radius 3 is 2.47 bits per heavy atom. The number of carbonyl (C=O) groups excluding carboxylic acids is 1. The number of aliphatic hydroxyl groups excluding tert-OH is 3. The first-order valence-electron chi connectivity index (χ1n) is 12.4. The Morgan fingerprint density at radius 2 is 1.82 bits per heavy atom. The van der Waals surface area contributed by atoms with Gasteiger partial charge in [0.1, 0.15) is 30.2 Å². The summed E-state index contributed by atoms with van der Waals surface area (Å²) in [6.07, 6.45) is 0.375. The maximum absolute atomic E-state index is 11.7. The molecule has 1 saturated heterocycles. The lowest BCUT2D eigenvalue weighted by Gasteiger charge is -2.41. The highest BCUT2D eigenvalue weighted by Gasteiger charge is 2.44. The number of thioether (sulfide) groups is 1. The van der Waals surface area contributed by atoms with Crippen molar-refractivity contribution in [1.29, 1.82) is 0 Å². The number of benzene rings is 2. The molecule has 0 aliphatic carbocycles. The van der Waals surface area contributed by atoms with Gasteiger partial charge >= 0.3 is 0 Å². The SMILES string of the molecule is C=C/C(=C\C=C(\Cl)CCc1ccc(OCC)cc1)[C@@H]1OC(CSc2ccccc2C(N)=O)[C@@H](O)C(O)[C@H]1O. The van der Waals surface area contributed by atoms with Gasteiger partial charge < -0.3 is 30.5 Å². The molecule has 5 atom stereocenters. The number of rotatable bonds is 12. The highest BCUT2D eigenvalue weighted by Crippen LogP contribution is 2.31. The third-order valence-electron chi connectivity index (χ3n) is 6.18. The van der Waals surface area contributed by atoms with Crippen molar-refractivity contribution < 1.29 is 29.6 Å². The van der Waals surface area contributed by atoms with E-state index < -0.39 is 36.4 Å². The molecule has 1 aliphatic rings. The third kappa shape index (κ3) is 7.96. The van der Waals surface area contributed by atoms with E-state index in [1.165, 1.54) is 17.8 Å². The fourth-order valence-electron chi connectivity index (χ4n) is 4.06. The molecule has 5 N–H and O–H groups in total. The van der Waals surface area contributed by atoms with Gasteiger partial charge in [-0.1, -0.05) is 54.6 Å². The van der Waals surface area contributed by atoms with Crippen LogP contribution in [-0.2, 0) is 11.2 Å². The molecule has 38 heavy (non-hydrogen) atoms. The van der Waals surface area contributed by atoms with Crippen molar-refractivity contribution in [2.24, 2.45) is 5.73 Å². The Labute approximate surface area is 232 Å². The van der Waals surface area contributed by atoms with Gasteiger partial charge in [0.15, 0.2) is 0 Å². The molecule has 0 saturated carbocycles. The molecular formula is C29H34ClNO6S. The van der Waals surface area contributed by atoms with Crippen molar-refractivity contribution in [2.75, 3.05) is 12.4 Å². The maximum atomic E-state index is 11.7. The lowest BCUT2D eigenvalue weighted by molar-refractivity contribution is -0.204. The summed E-state index contributed by atoms with van der Waals surface area (Å²) in [5.74, 6) is 0.479. The zero-order valence-electron chi connectivity index (χ0n) is 21.2. The summed E-state index contributed by atoms with van der Waals surface area (Å²) in [4.78, 5) is 12.4. The first-order chi connectivity index (χ1) is 18.2. The summed E-state index contributed by atoms with van der Waals surface area (Å²) in [5, 5.41) is 32.3. The number of hydrogen-bond donors (Lipinski definition) is 4. The molecule has 1 amide bonds. The van der Waals surface area contributed by atoms with Gasteiger partial charge in [-0.25, -0.2) is 0 Å². The summed E-state index contributed by atoms with van der Waals surface area (Å²) in [6, 6.07) is 14.7. The van der Waals surface area contributed by atoms with Gasteiger partial charge in [0.25, 0.3) is 0 Å². The minimum Gasteiger partial charge on any atom is -0.494 e. The highest BCUT2D eigenvalue weighted by atomic mass is 35.5. The van der Waals surface area contributed by atoms with Crippen LogP contribution < -0.4 is 10.5 Å². The summed E-state index contributed by atoms with van der Waals surface area (Å²) >= 11 is 7.72. The van der Waals surface area contributed by atoms with E-state index in [1.807, 2.05) is 31.2 Å². The number of nitrogens with two attached hydrogens (primary N) is 1. The first-order valence-corrected chi connectivity index (χ1v) is 13.7. The van der Waals surface area contributed by atoms with E-state index in [4.69, 9.17) is 26.8 Å². The number of primary amides is 1. The van der Waals surface area contributed by atoms with Gasteiger partial charge in [-0.3, -0.25) is 4.79 Å². The van der Waals surface area contributed by atoms with Crippen molar-refractivity contribution in [3.05, 3.63) is 95.1 Å². The summed E-state index contributed by atoms with van der Waals surface area (Å²) in [5.41, 5.74) is 7.44. The molecule has 204 valence electrons. The number of aliphatic hydroxyl groups is 3. The molecule has 7 nitrogen and oxygen atoms in total. The predicted molar refractivity (Wildman–Crippen MR) is 151 cm³/mol. The molecule has 1 aliphatic heterocycles. The average molecular weight is 560 g/mol. The molecule has 9 heteroatoms. The van der Waals surface area contributed by atoms with Crippen LogP contribution in [0.15, 0.2) is 88.8 Å². The number of ether oxygens (including phenoxy) is 2. The lowest BCUT2D eigenvalue weighted by atomic mass is 9.91. The number of hydrogen-bond acceptors (Lipinski definition) is 7. The minimum absolute atomic E-state index is 0.217. The monoisotopic (exact) mass is 559 g/mol. The Kier molecular flexibility index (Phi) is 11.5. The van der Waals surface area contributed by atoms with Gasteiger partial charge in [-0.05, 0) is 61.2 Å². The lowest BCUT2D eigenvalue weighted by Crippen LogP contribution is -2.58. The van der Waals surface area contributed by atoms with E-state index in [9.17, 15) is 20.1 Å². The van der Waals surface area contributed by atoms with Gasteiger partial charge in [-0.15, -0.1) is 11.8 Å². The molecule has 1 fully saturated rings. The van der Waals surface area contributed by atoms with Crippen molar-refractivity contribution >= 4 is 29.3 Å². The van der Waals surface area contributed by atoms with Crippen molar-refractivity contribution in [3.8, 4) is 5.75 Å². The van der Waals surface area contributed by atoms with E-state index in [2.05, 4.69) is 6.58 Å². The number of amides is 1. The van der Waals surface area contributed by atoms with Crippen LogP contribution in [0.2, 0.25) is 0 Å². The van der Waals surface area contributed by atoms with Crippen LogP contribution in [0.4, 0.5) is 0 Å². The summed E-state index contributed by atoms with van der Waals surface area (Å²) in [7, 11) is 0. The standard InChI is InChI=1S/C29H34ClNO6S/c1-3-19(12-14-20(30)13-9-18-10-15-21(16-11-18)36-4-2)28-27(34)26(33)25(32)23(37-28)17-38-24-8-6-5-7-22(24)29(31)35/h3,5-8,10-12,14-16,23,25-28,32-34H,1,4,9,13,17H2,2H3,(H2,31,35)/b19-12+,20-14+/t23?,25-,26?,27-,28+/m1/s1. The van der Waals surface area contributed by atoms with Gasteiger partial charge in [0.2, 0.25) is 5.91 Å². The number of aryl methyl sites for hydroxylation is 1. The molecule has 0 bridgehead atoms. The van der Waals surface area contributed by atoms with Crippen LogP contribution in [0.5, 0.6) is 5.75 Å². The zero-order valence-corrected chi connectivity index (χ0v) is 22.8. The van der Waals surface area contributed by atoms with Gasteiger partial charge in [0.05, 0.1) is 18.3 Å². The first kappa shape index (κ1) is 30.0. The molecule has 0 aromatic heterocycles. The summed E-state index contributed by atoms with van der Waals surface area (Å²) < 4.78 is 11.5. The highest BCUT2D eigenvalue weighted by molar-refractivity contribution is 7.99. The second-order valence-electron chi connectivity index (χ2n) is 8.80. The topological polar surface area (TPSA) is 122 Å². The third-order valence-corrected chi connectivity index (χ3v) is 7.65. The number of carbonyl (C=O) groups is 1. The van der Waals surface area contributed by atoms with Crippen LogP contribution in [0.1, 0.15) is 29.3 Å². The van der Waals surface area contributed by atoms with Crippen LogP contribution in [0.25, 0.3) is 0 Å². The quantitative estimate of drug-likeness (QED) is 0.229. The number of halogens is 1.